The van der Waals surface area contributed by atoms with Gasteiger partial charge in [0.1, 0.15) is 23.4 Å². The second-order valence-corrected chi connectivity index (χ2v) is 11.6. The summed E-state index contributed by atoms with van der Waals surface area (Å²) in [5, 5.41) is 16.4. The molecule has 1 aliphatic rings. The average Bonchev–Trinajstić information content (AvgIpc) is 2.81. The van der Waals surface area contributed by atoms with Crippen LogP contribution in [0.5, 0.6) is 5.75 Å². The van der Waals surface area contributed by atoms with Crippen molar-refractivity contribution >= 4 is 35.6 Å². The maximum absolute atomic E-state index is 14.2. The van der Waals surface area contributed by atoms with Gasteiger partial charge in [0, 0.05) is 18.2 Å². The van der Waals surface area contributed by atoms with Crippen LogP contribution in [-0.2, 0) is 23.9 Å². The van der Waals surface area contributed by atoms with Crippen LogP contribution < -0.4 is 10.6 Å². The molecule has 0 spiro atoms. The number of carbonyl (C=O) groups excluding carboxylic acids is 4. The summed E-state index contributed by atoms with van der Waals surface area (Å²) < 4.78 is 10.4. The standard InChI is InChI=1S/C28H43N3O7S/c1-7-37-22(32)14-16-29-25(34)23(20-13-8-10-18(2)24(20)33)31(19-11-9-12-19)26(35)21(15-17-39-6)30-27(36)38-28(3,4)5/h8,10,13,19,21,23,33H,7,9,11-12,14-17H2,1-6H3,(H,29,34)(H,30,36). The summed E-state index contributed by atoms with van der Waals surface area (Å²) >= 11 is 1.53. The molecule has 0 radical (unpaired) electrons. The summed E-state index contributed by atoms with van der Waals surface area (Å²) in [6.45, 7) is 8.89. The van der Waals surface area contributed by atoms with Crippen LogP contribution in [-0.4, -0.2) is 76.7 Å². The number of para-hydroxylation sites is 1. The summed E-state index contributed by atoms with van der Waals surface area (Å²) in [4.78, 5) is 53.9. The molecule has 0 bridgehead atoms. The SMILES string of the molecule is CCOC(=O)CCNC(=O)C(c1cccc(C)c1O)N(C(=O)C(CCSC)NC(=O)OC(C)(C)C)C1CCC1. The van der Waals surface area contributed by atoms with Crippen molar-refractivity contribution in [1.82, 2.24) is 15.5 Å². The number of hydrogen-bond donors (Lipinski definition) is 3. The predicted octanol–water partition coefficient (Wildman–Crippen LogP) is 3.84. The fourth-order valence-corrected chi connectivity index (χ4v) is 4.71. The lowest BCUT2D eigenvalue weighted by Gasteiger charge is -2.43. The van der Waals surface area contributed by atoms with E-state index in [0.29, 0.717) is 30.6 Å². The Morgan fingerprint density at radius 1 is 1.21 bits per heavy atom. The molecule has 1 saturated carbocycles. The lowest BCUT2D eigenvalue weighted by Crippen LogP contribution is -2.57. The molecule has 11 heteroatoms. The topological polar surface area (TPSA) is 134 Å². The third-order valence-corrected chi connectivity index (χ3v) is 6.99. The summed E-state index contributed by atoms with van der Waals surface area (Å²) in [7, 11) is 0. The summed E-state index contributed by atoms with van der Waals surface area (Å²) in [5.41, 5.74) is 0.0907. The van der Waals surface area contributed by atoms with Gasteiger partial charge in [-0.05, 0) is 77.9 Å². The van der Waals surface area contributed by atoms with Crippen molar-refractivity contribution in [3.63, 3.8) is 0 Å². The van der Waals surface area contributed by atoms with Crippen molar-refractivity contribution < 1.29 is 33.8 Å². The van der Waals surface area contributed by atoms with Gasteiger partial charge in [0.15, 0.2) is 0 Å². The molecular weight excluding hydrogens is 522 g/mol. The number of aryl methyl sites for hydroxylation is 1. The normalized spacial score (nSPS) is 14.9. The highest BCUT2D eigenvalue weighted by Crippen LogP contribution is 2.38. The molecule has 0 aromatic heterocycles. The maximum atomic E-state index is 14.2. The van der Waals surface area contributed by atoms with Gasteiger partial charge < -0.3 is 30.1 Å². The van der Waals surface area contributed by atoms with Crippen LogP contribution in [0, 0.1) is 6.92 Å². The minimum Gasteiger partial charge on any atom is -0.507 e. The molecule has 1 fully saturated rings. The first-order valence-corrected chi connectivity index (χ1v) is 14.8. The number of amides is 3. The molecule has 3 amide bonds. The number of phenolic OH excluding ortho intramolecular Hbond substituents is 1. The average molecular weight is 566 g/mol. The molecule has 39 heavy (non-hydrogen) atoms. The van der Waals surface area contributed by atoms with E-state index in [4.69, 9.17) is 9.47 Å². The number of hydrogen-bond acceptors (Lipinski definition) is 8. The first kappa shape index (κ1) is 32.3. The Morgan fingerprint density at radius 2 is 1.90 bits per heavy atom. The quantitative estimate of drug-likeness (QED) is 0.307. The number of phenols is 1. The number of benzene rings is 1. The fraction of sp³-hybridized carbons (Fsp3) is 0.643. The molecule has 218 valence electrons. The minimum atomic E-state index is -1.16. The van der Waals surface area contributed by atoms with Crippen molar-refractivity contribution in [2.75, 3.05) is 25.2 Å². The maximum Gasteiger partial charge on any atom is 0.408 e. The Labute approximate surface area is 235 Å². The Kier molecular flexibility index (Phi) is 12.4. The fourth-order valence-electron chi connectivity index (χ4n) is 4.24. The highest BCUT2D eigenvalue weighted by molar-refractivity contribution is 7.98. The summed E-state index contributed by atoms with van der Waals surface area (Å²) in [6, 6.07) is 2.70. The highest BCUT2D eigenvalue weighted by Gasteiger charge is 2.42. The van der Waals surface area contributed by atoms with Gasteiger partial charge in [0.25, 0.3) is 0 Å². The van der Waals surface area contributed by atoms with Crippen molar-refractivity contribution in [2.45, 2.75) is 90.4 Å². The molecule has 2 atom stereocenters. The Morgan fingerprint density at radius 3 is 2.46 bits per heavy atom. The van der Waals surface area contributed by atoms with Crippen LogP contribution in [0.4, 0.5) is 4.79 Å². The van der Waals surface area contributed by atoms with E-state index >= 15 is 0 Å². The van der Waals surface area contributed by atoms with Crippen LogP contribution >= 0.6 is 11.8 Å². The van der Waals surface area contributed by atoms with Gasteiger partial charge >= 0.3 is 12.1 Å². The minimum absolute atomic E-state index is 0.0134. The molecule has 3 N–H and O–H groups in total. The van der Waals surface area contributed by atoms with Crippen LogP contribution in [0.3, 0.4) is 0 Å². The molecular formula is C28H43N3O7S. The zero-order chi connectivity index (χ0) is 29.2. The zero-order valence-electron chi connectivity index (χ0n) is 23.9. The van der Waals surface area contributed by atoms with Crippen molar-refractivity contribution in [3.05, 3.63) is 29.3 Å². The molecule has 0 heterocycles. The molecule has 1 aromatic carbocycles. The largest absolute Gasteiger partial charge is 0.507 e. The molecule has 10 nitrogen and oxygen atoms in total. The third-order valence-electron chi connectivity index (χ3n) is 6.35. The Bertz CT molecular complexity index is 1010. The number of nitrogens with one attached hydrogen (secondary N) is 2. The number of carbonyl (C=O) groups is 4. The number of thioether (sulfide) groups is 1. The van der Waals surface area contributed by atoms with E-state index in [-0.39, 0.29) is 36.9 Å². The van der Waals surface area contributed by atoms with Gasteiger partial charge in [0.2, 0.25) is 11.8 Å². The van der Waals surface area contributed by atoms with E-state index in [0.717, 1.165) is 6.42 Å². The van der Waals surface area contributed by atoms with E-state index in [2.05, 4.69) is 10.6 Å². The summed E-state index contributed by atoms with van der Waals surface area (Å²) in [6.07, 6.45) is 3.76. The van der Waals surface area contributed by atoms with Crippen LogP contribution in [0.25, 0.3) is 0 Å². The molecule has 1 aliphatic carbocycles. The summed E-state index contributed by atoms with van der Waals surface area (Å²) in [5.74, 6) is -0.886. The van der Waals surface area contributed by atoms with Gasteiger partial charge in [-0.3, -0.25) is 14.4 Å². The number of alkyl carbamates (subject to hydrolysis) is 1. The van der Waals surface area contributed by atoms with E-state index < -0.39 is 41.6 Å². The second-order valence-electron chi connectivity index (χ2n) is 10.6. The number of ether oxygens (including phenoxy) is 2. The molecule has 0 aliphatic heterocycles. The lowest BCUT2D eigenvalue weighted by atomic mass is 9.87. The first-order valence-electron chi connectivity index (χ1n) is 13.4. The van der Waals surface area contributed by atoms with Gasteiger partial charge in [-0.1, -0.05) is 18.2 Å². The smallest absolute Gasteiger partial charge is 0.408 e. The molecule has 0 saturated heterocycles. The van der Waals surface area contributed by atoms with E-state index in [9.17, 15) is 24.3 Å². The number of esters is 1. The Balaban J connectivity index is 2.46. The van der Waals surface area contributed by atoms with Crippen LogP contribution in [0.15, 0.2) is 18.2 Å². The highest BCUT2D eigenvalue weighted by atomic mass is 32.2. The Hall–Kier alpha value is -2.95. The molecule has 2 unspecified atom stereocenters. The van der Waals surface area contributed by atoms with E-state index in [1.807, 2.05) is 6.26 Å². The predicted molar refractivity (Wildman–Crippen MR) is 150 cm³/mol. The van der Waals surface area contributed by atoms with Crippen LogP contribution in [0.1, 0.15) is 77.0 Å². The van der Waals surface area contributed by atoms with E-state index in [1.54, 1.807) is 52.8 Å². The first-order chi connectivity index (χ1) is 18.4. The molecule has 2 rings (SSSR count). The third kappa shape index (κ3) is 9.63. The van der Waals surface area contributed by atoms with E-state index in [1.165, 1.54) is 16.7 Å². The van der Waals surface area contributed by atoms with Crippen molar-refractivity contribution in [2.24, 2.45) is 0 Å². The monoisotopic (exact) mass is 565 g/mol. The molecule has 1 aromatic rings. The van der Waals surface area contributed by atoms with Gasteiger partial charge in [0.05, 0.1) is 13.0 Å². The second kappa shape index (κ2) is 15.0. The zero-order valence-corrected chi connectivity index (χ0v) is 24.7. The van der Waals surface area contributed by atoms with Gasteiger partial charge in [-0.25, -0.2) is 4.79 Å². The number of aromatic hydroxyl groups is 1. The van der Waals surface area contributed by atoms with Crippen LogP contribution in [0.2, 0.25) is 0 Å². The van der Waals surface area contributed by atoms with Crippen molar-refractivity contribution in [3.8, 4) is 5.75 Å². The lowest BCUT2D eigenvalue weighted by molar-refractivity contribution is -0.148. The van der Waals surface area contributed by atoms with Crippen molar-refractivity contribution in [1.29, 1.82) is 0 Å². The van der Waals surface area contributed by atoms with Gasteiger partial charge in [-0.15, -0.1) is 0 Å². The number of nitrogens with zero attached hydrogens (tertiary/aromatic N) is 1. The van der Waals surface area contributed by atoms with Gasteiger partial charge in [-0.2, -0.15) is 11.8 Å². The number of rotatable bonds is 13.